The van der Waals surface area contributed by atoms with Gasteiger partial charge in [0, 0.05) is 26.3 Å². The van der Waals surface area contributed by atoms with E-state index in [1.807, 2.05) is 68.4 Å². The predicted octanol–water partition coefficient (Wildman–Crippen LogP) is 3.39. The monoisotopic (exact) mass is 313 g/mol. The smallest absolute Gasteiger partial charge is 0.319 e. The molecule has 0 aromatic heterocycles. The third-order valence-corrected chi connectivity index (χ3v) is 3.51. The van der Waals surface area contributed by atoms with E-state index in [1.165, 1.54) is 0 Å². The largest absolute Gasteiger partial charge is 0.495 e. The minimum absolute atomic E-state index is 0.259. The Morgan fingerprint density at radius 1 is 1.13 bits per heavy atom. The molecule has 0 atom stereocenters. The van der Waals surface area contributed by atoms with Crippen LogP contribution in [0.5, 0.6) is 5.75 Å². The van der Waals surface area contributed by atoms with Gasteiger partial charge in [-0.2, -0.15) is 0 Å². The lowest BCUT2D eigenvalue weighted by Crippen LogP contribution is -2.28. The van der Waals surface area contributed by atoms with Crippen LogP contribution in [0.1, 0.15) is 11.1 Å². The topological polar surface area (TPSA) is 53.6 Å². The minimum Gasteiger partial charge on any atom is -0.495 e. The molecule has 0 saturated heterocycles. The summed E-state index contributed by atoms with van der Waals surface area (Å²) in [5, 5.41) is 5.67. The number of carbonyl (C=O) groups is 1. The molecule has 0 fully saturated rings. The van der Waals surface area contributed by atoms with Crippen molar-refractivity contribution in [1.29, 1.82) is 0 Å². The molecule has 2 amide bonds. The molecule has 23 heavy (non-hydrogen) atoms. The molecule has 0 radical (unpaired) electrons. The summed E-state index contributed by atoms with van der Waals surface area (Å²) in [5.74, 6) is 0.640. The summed E-state index contributed by atoms with van der Waals surface area (Å²) < 4.78 is 5.25. The molecule has 5 nitrogen and oxygen atoms in total. The molecule has 0 aliphatic carbocycles. The van der Waals surface area contributed by atoms with E-state index in [0.29, 0.717) is 18.0 Å². The van der Waals surface area contributed by atoms with E-state index in [2.05, 4.69) is 10.6 Å². The van der Waals surface area contributed by atoms with E-state index in [0.717, 1.165) is 16.8 Å². The maximum absolute atomic E-state index is 12.1. The number of carbonyl (C=O) groups excluding carboxylic acids is 1. The normalized spacial score (nSPS) is 10.1. The number of ether oxygens (including phenoxy) is 1. The third kappa shape index (κ3) is 4.64. The van der Waals surface area contributed by atoms with Gasteiger partial charge in [-0.3, -0.25) is 0 Å². The highest BCUT2D eigenvalue weighted by Gasteiger charge is 2.07. The number of nitrogens with one attached hydrogen (secondary N) is 2. The highest BCUT2D eigenvalue weighted by molar-refractivity contribution is 5.91. The number of nitrogens with zero attached hydrogens (tertiary/aromatic N) is 1. The number of amides is 2. The summed E-state index contributed by atoms with van der Waals surface area (Å²) in [4.78, 5) is 14.1. The molecule has 2 rings (SSSR count). The molecule has 0 saturated carbocycles. The van der Waals surface area contributed by atoms with Crippen molar-refractivity contribution in [1.82, 2.24) is 5.32 Å². The first-order valence-electron chi connectivity index (χ1n) is 7.45. The Morgan fingerprint density at radius 3 is 2.43 bits per heavy atom. The number of hydrogen-bond donors (Lipinski definition) is 2. The highest BCUT2D eigenvalue weighted by atomic mass is 16.5. The number of aryl methyl sites for hydroxylation is 1. The SMILES string of the molecule is COc1ccc(C)cc1NC(=O)NCc1ccc(N(C)C)cc1. The summed E-state index contributed by atoms with van der Waals surface area (Å²) in [6.45, 7) is 2.43. The molecule has 2 aromatic rings. The van der Waals surface area contributed by atoms with Gasteiger partial charge in [0.2, 0.25) is 0 Å². The second-order valence-corrected chi connectivity index (χ2v) is 5.57. The second kappa shape index (κ2) is 7.54. The zero-order chi connectivity index (χ0) is 16.8. The van der Waals surface area contributed by atoms with Crippen LogP contribution in [-0.4, -0.2) is 27.2 Å². The Kier molecular flexibility index (Phi) is 5.46. The summed E-state index contributed by atoms with van der Waals surface area (Å²) in [7, 11) is 5.58. The minimum atomic E-state index is -0.259. The molecular weight excluding hydrogens is 290 g/mol. The predicted molar refractivity (Wildman–Crippen MR) is 94.4 cm³/mol. The molecular formula is C18H23N3O2. The second-order valence-electron chi connectivity index (χ2n) is 5.57. The van der Waals surface area contributed by atoms with Gasteiger partial charge in [-0.1, -0.05) is 18.2 Å². The van der Waals surface area contributed by atoms with Gasteiger partial charge in [0.25, 0.3) is 0 Å². The summed E-state index contributed by atoms with van der Waals surface area (Å²) in [5.41, 5.74) is 3.89. The van der Waals surface area contributed by atoms with Crippen molar-refractivity contribution >= 4 is 17.4 Å². The zero-order valence-corrected chi connectivity index (χ0v) is 14.0. The highest BCUT2D eigenvalue weighted by Crippen LogP contribution is 2.25. The maximum atomic E-state index is 12.1. The fraction of sp³-hybridized carbons (Fsp3) is 0.278. The van der Waals surface area contributed by atoms with Crippen LogP contribution in [0.2, 0.25) is 0 Å². The van der Waals surface area contributed by atoms with Gasteiger partial charge in [0.05, 0.1) is 12.8 Å². The molecule has 0 spiro atoms. The van der Waals surface area contributed by atoms with Crippen LogP contribution >= 0.6 is 0 Å². The average Bonchev–Trinajstić information content (AvgIpc) is 2.53. The number of methoxy groups -OCH3 is 1. The number of anilines is 2. The quantitative estimate of drug-likeness (QED) is 0.889. The van der Waals surface area contributed by atoms with Gasteiger partial charge in [-0.25, -0.2) is 4.79 Å². The van der Waals surface area contributed by atoms with Crippen molar-refractivity contribution in [2.75, 3.05) is 31.4 Å². The number of hydrogen-bond acceptors (Lipinski definition) is 3. The fourth-order valence-corrected chi connectivity index (χ4v) is 2.18. The first kappa shape index (κ1) is 16.7. The van der Waals surface area contributed by atoms with E-state index >= 15 is 0 Å². The van der Waals surface area contributed by atoms with Gasteiger partial charge < -0.3 is 20.3 Å². The van der Waals surface area contributed by atoms with Crippen LogP contribution in [0.4, 0.5) is 16.2 Å². The van der Waals surface area contributed by atoms with Crippen molar-refractivity contribution in [2.24, 2.45) is 0 Å². The zero-order valence-electron chi connectivity index (χ0n) is 14.0. The van der Waals surface area contributed by atoms with E-state index in [9.17, 15) is 4.79 Å². The van der Waals surface area contributed by atoms with Crippen molar-refractivity contribution < 1.29 is 9.53 Å². The Balaban J connectivity index is 1.94. The molecule has 0 heterocycles. The number of rotatable bonds is 5. The van der Waals surface area contributed by atoms with Crippen molar-refractivity contribution in [3.8, 4) is 5.75 Å². The maximum Gasteiger partial charge on any atom is 0.319 e. The standard InChI is InChI=1S/C18H23N3O2/c1-13-5-10-17(23-4)16(11-13)20-18(22)19-12-14-6-8-15(9-7-14)21(2)3/h5-11H,12H2,1-4H3,(H2,19,20,22). The van der Waals surface area contributed by atoms with E-state index in [-0.39, 0.29) is 6.03 Å². The van der Waals surface area contributed by atoms with Crippen molar-refractivity contribution in [3.63, 3.8) is 0 Å². The van der Waals surface area contributed by atoms with Crippen LogP contribution in [0.15, 0.2) is 42.5 Å². The van der Waals surface area contributed by atoms with Crippen molar-refractivity contribution in [2.45, 2.75) is 13.5 Å². The molecule has 122 valence electrons. The molecule has 0 aliphatic heterocycles. The van der Waals surface area contributed by atoms with Crippen LogP contribution in [0.3, 0.4) is 0 Å². The number of urea groups is 1. The van der Waals surface area contributed by atoms with Crippen LogP contribution in [0, 0.1) is 6.92 Å². The van der Waals surface area contributed by atoms with Gasteiger partial charge in [-0.05, 0) is 42.3 Å². The lowest BCUT2D eigenvalue weighted by molar-refractivity contribution is 0.251. The third-order valence-electron chi connectivity index (χ3n) is 3.51. The lowest BCUT2D eigenvalue weighted by atomic mass is 10.2. The molecule has 0 unspecified atom stereocenters. The Morgan fingerprint density at radius 2 is 1.83 bits per heavy atom. The van der Waals surface area contributed by atoms with E-state index in [4.69, 9.17) is 4.74 Å². The van der Waals surface area contributed by atoms with Gasteiger partial charge in [0.1, 0.15) is 5.75 Å². The van der Waals surface area contributed by atoms with Crippen LogP contribution in [0.25, 0.3) is 0 Å². The average molecular weight is 313 g/mol. The molecule has 2 N–H and O–H groups in total. The van der Waals surface area contributed by atoms with Gasteiger partial charge in [0.15, 0.2) is 0 Å². The summed E-state index contributed by atoms with van der Waals surface area (Å²) >= 11 is 0. The van der Waals surface area contributed by atoms with E-state index in [1.54, 1.807) is 7.11 Å². The fourth-order valence-electron chi connectivity index (χ4n) is 2.18. The first-order valence-corrected chi connectivity index (χ1v) is 7.45. The first-order chi connectivity index (χ1) is 11.0. The van der Waals surface area contributed by atoms with E-state index < -0.39 is 0 Å². The summed E-state index contributed by atoms with van der Waals surface area (Å²) in [6.07, 6.45) is 0. The Hall–Kier alpha value is -2.69. The summed E-state index contributed by atoms with van der Waals surface area (Å²) in [6, 6.07) is 13.5. The Labute approximate surface area is 137 Å². The van der Waals surface area contributed by atoms with Crippen LogP contribution < -0.4 is 20.3 Å². The van der Waals surface area contributed by atoms with Crippen molar-refractivity contribution in [3.05, 3.63) is 53.6 Å². The van der Waals surface area contributed by atoms with Gasteiger partial charge in [-0.15, -0.1) is 0 Å². The molecule has 0 bridgehead atoms. The number of benzene rings is 2. The molecule has 0 aliphatic rings. The van der Waals surface area contributed by atoms with Gasteiger partial charge >= 0.3 is 6.03 Å². The lowest BCUT2D eigenvalue weighted by Gasteiger charge is -2.14. The Bertz CT molecular complexity index is 666. The van der Waals surface area contributed by atoms with Crippen LogP contribution in [-0.2, 0) is 6.54 Å². The molecule has 2 aromatic carbocycles. The molecule has 5 heteroatoms.